The highest BCUT2D eigenvalue weighted by Gasteiger charge is 2.10. The molecule has 1 unspecified atom stereocenters. The minimum Gasteiger partial charge on any atom is -0.457 e. The van der Waals surface area contributed by atoms with Crippen LogP contribution in [0, 0.1) is 13.8 Å². The highest BCUT2D eigenvalue weighted by Crippen LogP contribution is 2.31. The Hall–Kier alpha value is -1.32. The molecule has 0 amide bonds. The van der Waals surface area contributed by atoms with E-state index in [4.69, 9.17) is 10.5 Å². The van der Waals surface area contributed by atoms with Gasteiger partial charge in [-0.05, 0) is 61.6 Å². The molecule has 2 nitrogen and oxygen atoms in total. The van der Waals surface area contributed by atoms with E-state index in [0.717, 1.165) is 34.4 Å². The lowest BCUT2D eigenvalue weighted by atomic mass is 10.0. The van der Waals surface area contributed by atoms with Crippen molar-refractivity contribution in [3.63, 3.8) is 0 Å². The zero-order valence-corrected chi connectivity index (χ0v) is 14.4. The van der Waals surface area contributed by atoms with Gasteiger partial charge in [-0.2, -0.15) is 0 Å². The second-order valence-corrected chi connectivity index (χ2v) is 6.25. The van der Waals surface area contributed by atoms with E-state index in [1.54, 1.807) is 0 Å². The van der Waals surface area contributed by atoms with E-state index in [-0.39, 0.29) is 6.04 Å². The van der Waals surface area contributed by atoms with Crippen LogP contribution in [-0.2, 0) is 6.42 Å². The summed E-state index contributed by atoms with van der Waals surface area (Å²) in [4.78, 5) is 0. The summed E-state index contributed by atoms with van der Waals surface area (Å²) in [6, 6.07) is 12.4. The Kier molecular flexibility index (Phi) is 5.43. The molecular formula is C18H22BrNO. The molecule has 2 rings (SSSR count). The molecule has 2 aromatic carbocycles. The molecule has 112 valence electrons. The fourth-order valence-corrected chi connectivity index (χ4v) is 2.52. The summed E-state index contributed by atoms with van der Waals surface area (Å²) in [5, 5.41) is 0. The monoisotopic (exact) mass is 347 g/mol. The Morgan fingerprint density at radius 1 is 1.14 bits per heavy atom. The Morgan fingerprint density at radius 2 is 1.76 bits per heavy atom. The number of aryl methyl sites for hydroxylation is 2. The summed E-state index contributed by atoms with van der Waals surface area (Å²) < 4.78 is 7.23. The summed E-state index contributed by atoms with van der Waals surface area (Å²) in [5.74, 6) is 1.76. The van der Waals surface area contributed by atoms with Crippen LogP contribution in [0.4, 0.5) is 0 Å². The van der Waals surface area contributed by atoms with Gasteiger partial charge in [-0.1, -0.05) is 41.1 Å². The Balaban J connectivity index is 2.27. The SMILES string of the molecule is CCC(N)Cc1ccccc1Oc1cc(C)c(Br)c(C)c1. The van der Waals surface area contributed by atoms with E-state index >= 15 is 0 Å². The molecule has 0 aliphatic heterocycles. The van der Waals surface area contributed by atoms with E-state index in [9.17, 15) is 0 Å². The maximum atomic E-state index is 6.10. The van der Waals surface area contributed by atoms with Crippen molar-refractivity contribution in [2.24, 2.45) is 5.73 Å². The highest BCUT2D eigenvalue weighted by molar-refractivity contribution is 9.10. The van der Waals surface area contributed by atoms with Crippen molar-refractivity contribution in [3.05, 3.63) is 57.6 Å². The molecule has 0 aromatic heterocycles. The summed E-state index contributed by atoms with van der Waals surface area (Å²) >= 11 is 3.58. The van der Waals surface area contributed by atoms with Crippen LogP contribution in [0.1, 0.15) is 30.0 Å². The zero-order chi connectivity index (χ0) is 15.4. The van der Waals surface area contributed by atoms with E-state index in [2.05, 4.69) is 42.8 Å². The average molecular weight is 348 g/mol. The van der Waals surface area contributed by atoms with Crippen molar-refractivity contribution in [3.8, 4) is 11.5 Å². The smallest absolute Gasteiger partial charge is 0.130 e. The molecule has 1 atom stereocenters. The number of rotatable bonds is 5. The van der Waals surface area contributed by atoms with E-state index in [0.29, 0.717) is 0 Å². The van der Waals surface area contributed by atoms with Crippen LogP contribution in [0.3, 0.4) is 0 Å². The van der Waals surface area contributed by atoms with Crippen LogP contribution in [0.2, 0.25) is 0 Å². The normalized spacial score (nSPS) is 12.2. The molecule has 0 spiro atoms. The van der Waals surface area contributed by atoms with Crippen molar-refractivity contribution in [1.29, 1.82) is 0 Å². The molecule has 0 saturated carbocycles. The first-order valence-electron chi connectivity index (χ1n) is 7.29. The van der Waals surface area contributed by atoms with Crippen molar-refractivity contribution in [2.45, 2.75) is 39.7 Å². The van der Waals surface area contributed by atoms with Crippen molar-refractivity contribution in [1.82, 2.24) is 0 Å². The Bertz CT molecular complexity index is 601. The standard InChI is InChI=1S/C18H22BrNO/c1-4-15(20)11-14-7-5-6-8-17(14)21-16-9-12(2)18(19)13(3)10-16/h5-10,15H,4,11,20H2,1-3H3. The van der Waals surface area contributed by atoms with E-state index in [1.807, 2.05) is 30.3 Å². The van der Waals surface area contributed by atoms with Crippen LogP contribution >= 0.6 is 15.9 Å². The molecule has 0 bridgehead atoms. The van der Waals surface area contributed by atoms with Gasteiger partial charge < -0.3 is 10.5 Å². The number of hydrogen-bond acceptors (Lipinski definition) is 2. The average Bonchev–Trinajstić information content (AvgIpc) is 2.46. The fraction of sp³-hybridized carbons (Fsp3) is 0.333. The third-order valence-electron chi connectivity index (χ3n) is 3.62. The number of hydrogen-bond donors (Lipinski definition) is 1. The topological polar surface area (TPSA) is 35.2 Å². The maximum Gasteiger partial charge on any atom is 0.130 e. The number of benzene rings is 2. The largest absolute Gasteiger partial charge is 0.457 e. The minimum absolute atomic E-state index is 0.170. The summed E-state index contributed by atoms with van der Waals surface area (Å²) in [5.41, 5.74) is 9.58. The fourth-order valence-electron chi connectivity index (χ4n) is 2.29. The van der Waals surface area contributed by atoms with Gasteiger partial charge >= 0.3 is 0 Å². The van der Waals surface area contributed by atoms with Gasteiger partial charge in [0.05, 0.1) is 0 Å². The lowest BCUT2D eigenvalue weighted by molar-refractivity contribution is 0.471. The van der Waals surface area contributed by atoms with Crippen LogP contribution in [0.5, 0.6) is 11.5 Å². The van der Waals surface area contributed by atoms with Crippen molar-refractivity contribution < 1.29 is 4.74 Å². The number of ether oxygens (including phenoxy) is 1. The van der Waals surface area contributed by atoms with Crippen molar-refractivity contribution >= 4 is 15.9 Å². The molecule has 2 aromatic rings. The Labute approximate surface area is 135 Å². The predicted molar refractivity (Wildman–Crippen MR) is 92.1 cm³/mol. The molecular weight excluding hydrogens is 326 g/mol. The molecule has 0 aliphatic rings. The van der Waals surface area contributed by atoms with Gasteiger partial charge in [0.2, 0.25) is 0 Å². The second-order valence-electron chi connectivity index (χ2n) is 5.45. The van der Waals surface area contributed by atoms with Gasteiger partial charge in [-0.25, -0.2) is 0 Å². The number of nitrogens with two attached hydrogens (primary N) is 1. The lowest BCUT2D eigenvalue weighted by Gasteiger charge is -2.15. The molecule has 0 radical (unpaired) electrons. The highest BCUT2D eigenvalue weighted by atomic mass is 79.9. The molecule has 21 heavy (non-hydrogen) atoms. The van der Waals surface area contributed by atoms with Gasteiger partial charge in [0.1, 0.15) is 11.5 Å². The number of halogens is 1. The maximum absolute atomic E-state index is 6.10. The number of para-hydroxylation sites is 1. The van der Waals surface area contributed by atoms with Crippen LogP contribution in [-0.4, -0.2) is 6.04 Å². The van der Waals surface area contributed by atoms with E-state index in [1.165, 1.54) is 11.1 Å². The van der Waals surface area contributed by atoms with Gasteiger partial charge in [-0.15, -0.1) is 0 Å². The van der Waals surface area contributed by atoms with Gasteiger partial charge in [0.15, 0.2) is 0 Å². The third-order valence-corrected chi connectivity index (χ3v) is 4.87. The lowest BCUT2D eigenvalue weighted by Crippen LogP contribution is -2.21. The molecule has 3 heteroatoms. The Morgan fingerprint density at radius 3 is 2.38 bits per heavy atom. The van der Waals surface area contributed by atoms with Gasteiger partial charge in [-0.3, -0.25) is 0 Å². The van der Waals surface area contributed by atoms with E-state index < -0.39 is 0 Å². The molecule has 2 N–H and O–H groups in total. The molecule has 0 aliphatic carbocycles. The third kappa shape index (κ3) is 4.08. The quantitative estimate of drug-likeness (QED) is 0.812. The van der Waals surface area contributed by atoms with Crippen LogP contribution in [0.15, 0.2) is 40.9 Å². The summed E-state index contributed by atoms with van der Waals surface area (Å²) in [6.07, 6.45) is 1.80. The molecule has 0 heterocycles. The second kappa shape index (κ2) is 7.10. The van der Waals surface area contributed by atoms with Gasteiger partial charge in [0.25, 0.3) is 0 Å². The zero-order valence-electron chi connectivity index (χ0n) is 12.8. The van der Waals surface area contributed by atoms with Gasteiger partial charge in [0, 0.05) is 10.5 Å². The summed E-state index contributed by atoms with van der Waals surface area (Å²) in [7, 11) is 0. The first-order chi connectivity index (χ1) is 10.0. The molecule has 0 saturated heterocycles. The first-order valence-corrected chi connectivity index (χ1v) is 8.08. The van der Waals surface area contributed by atoms with Crippen LogP contribution < -0.4 is 10.5 Å². The predicted octanol–water partition coefficient (Wildman–Crippen LogP) is 5.14. The molecule has 0 fully saturated rings. The minimum atomic E-state index is 0.170. The first kappa shape index (κ1) is 16.1. The van der Waals surface area contributed by atoms with Crippen LogP contribution in [0.25, 0.3) is 0 Å². The summed E-state index contributed by atoms with van der Waals surface area (Å²) in [6.45, 7) is 6.25. The van der Waals surface area contributed by atoms with Crippen molar-refractivity contribution in [2.75, 3.05) is 0 Å².